The first-order valence-corrected chi connectivity index (χ1v) is 8.53. The number of ketones is 1. The molecule has 2 rings (SSSR count). The second-order valence-electron chi connectivity index (χ2n) is 4.34. The number of benzene rings is 2. The Bertz CT molecular complexity index is 769. The first-order valence-electron chi connectivity index (χ1n) is 6.08. The van der Waals surface area contributed by atoms with E-state index < -0.39 is 21.4 Å². The molecule has 0 aliphatic heterocycles. The van der Waals surface area contributed by atoms with Crippen LogP contribution >= 0.6 is 15.9 Å². The summed E-state index contributed by atoms with van der Waals surface area (Å²) in [5.74, 6) is -0.814. The van der Waals surface area contributed by atoms with Crippen LogP contribution in [0.15, 0.2) is 57.9 Å². The summed E-state index contributed by atoms with van der Waals surface area (Å²) in [6.07, 6.45) is 0. The number of rotatable bonds is 5. The normalized spacial score (nSPS) is 11.1. The number of hydrogen-bond acceptors (Lipinski definition) is 4. The third kappa shape index (κ3) is 3.71. The predicted octanol–water partition coefficient (Wildman–Crippen LogP) is 3.11. The van der Waals surface area contributed by atoms with Crippen molar-refractivity contribution in [2.75, 3.05) is 12.9 Å². The van der Waals surface area contributed by atoms with Crippen molar-refractivity contribution in [3.63, 3.8) is 0 Å². The number of ether oxygens (including phenoxy) is 1. The third-order valence-electron chi connectivity index (χ3n) is 2.87. The Kier molecular flexibility index (Phi) is 4.80. The minimum Gasteiger partial charge on any atom is -0.495 e. The lowest BCUT2D eigenvalue weighted by atomic mass is 10.2. The van der Waals surface area contributed by atoms with Crippen LogP contribution in [0.1, 0.15) is 10.4 Å². The number of halogens is 1. The van der Waals surface area contributed by atoms with Crippen molar-refractivity contribution in [2.24, 2.45) is 0 Å². The van der Waals surface area contributed by atoms with E-state index in [2.05, 4.69) is 15.9 Å². The SMILES string of the molecule is COc1ccccc1S(=O)(=O)CC(=O)c1cccc(Br)c1. The van der Waals surface area contributed by atoms with Gasteiger partial charge in [-0.25, -0.2) is 8.42 Å². The highest BCUT2D eigenvalue weighted by molar-refractivity contribution is 9.10. The Morgan fingerprint density at radius 2 is 1.86 bits per heavy atom. The van der Waals surface area contributed by atoms with Crippen LogP contribution in [0.5, 0.6) is 5.75 Å². The molecule has 0 bridgehead atoms. The van der Waals surface area contributed by atoms with E-state index in [9.17, 15) is 13.2 Å². The Hall–Kier alpha value is -1.66. The van der Waals surface area contributed by atoms with Gasteiger partial charge in [-0.3, -0.25) is 4.79 Å². The number of hydrogen-bond donors (Lipinski definition) is 0. The van der Waals surface area contributed by atoms with Crippen LogP contribution in [0.4, 0.5) is 0 Å². The molecule has 21 heavy (non-hydrogen) atoms. The molecule has 0 aromatic heterocycles. The average Bonchev–Trinajstić information content (AvgIpc) is 2.46. The fraction of sp³-hybridized carbons (Fsp3) is 0.133. The molecule has 0 spiro atoms. The molecule has 2 aromatic carbocycles. The zero-order valence-corrected chi connectivity index (χ0v) is 13.6. The molecule has 2 aromatic rings. The standard InChI is InChI=1S/C15H13BrO4S/c1-20-14-7-2-3-8-15(14)21(18,19)10-13(17)11-5-4-6-12(16)9-11/h2-9H,10H2,1H3. The van der Waals surface area contributed by atoms with Gasteiger partial charge in [0, 0.05) is 10.0 Å². The predicted molar refractivity (Wildman–Crippen MR) is 83.5 cm³/mol. The summed E-state index contributed by atoms with van der Waals surface area (Å²) in [6, 6.07) is 12.9. The van der Waals surface area contributed by atoms with Gasteiger partial charge >= 0.3 is 0 Å². The van der Waals surface area contributed by atoms with Crippen molar-refractivity contribution in [3.8, 4) is 5.75 Å². The van der Waals surface area contributed by atoms with Crippen molar-refractivity contribution in [2.45, 2.75) is 4.90 Å². The summed E-state index contributed by atoms with van der Waals surface area (Å²) in [5.41, 5.74) is 0.350. The summed E-state index contributed by atoms with van der Waals surface area (Å²) in [4.78, 5) is 12.2. The van der Waals surface area contributed by atoms with Crippen LogP contribution in [-0.2, 0) is 9.84 Å². The number of sulfone groups is 1. The lowest BCUT2D eigenvalue weighted by Gasteiger charge is -2.09. The molecule has 0 atom stereocenters. The van der Waals surface area contributed by atoms with Crippen molar-refractivity contribution in [1.29, 1.82) is 0 Å². The number of methoxy groups -OCH3 is 1. The quantitative estimate of drug-likeness (QED) is 0.760. The molecule has 0 aliphatic carbocycles. The van der Waals surface area contributed by atoms with Crippen LogP contribution in [0.2, 0.25) is 0 Å². The smallest absolute Gasteiger partial charge is 0.189 e. The molecular formula is C15H13BrO4S. The van der Waals surface area contributed by atoms with Crippen molar-refractivity contribution >= 4 is 31.6 Å². The van der Waals surface area contributed by atoms with Gasteiger partial charge in [0.15, 0.2) is 15.6 Å². The third-order valence-corrected chi connectivity index (χ3v) is 5.01. The van der Waals surface area contributed by atoms with E-state index in [-0.39, 0.29) is 10.6 Å². The van der Waals surface area contributed by atoms with Crippen LogP contribution < -0.4 is 4.74 Å². The van der Waals surface area contributed by atoms with E-state index >= 15 is 0 Å². The van der Waals surface area contributed by atoms with Gasteiger partial charge in [0.2, 0.25) is 0 Å². The van der Waals surface area contributed by atoms with Gasteiger partial charge in [-0.2, -0.15) is 0 Å². The van der Waals surface area contributed by atoms with E-state index in [4.69, 9.17) is 4.74 Å². The summed E-state index contributed by atoms with van der Waals surface area (Å²) in [7, 11) is -2.36. The molecule has 6 heteroatoms. The van der Waals surface area contributed by atoms with Gasteiger partial charge < -0.3 is 4.74 Å². The maximum Gasteiger partial charge on any atom is 0.189 e. The van der Waals surface area contributed by atoms with Gasteiger partial charge in [-0.15, -0.1) is 0 Å². The number of Topliss-reactive ketones (excluding diaryl/α,β-unsaturated/α-hetero) is 1. The van der Waals surface area contributed by atoms with Crippen molar-refractivity contribution < 1.29 is 17.9 Å². The molecule has 110 valence electrons. The molecule has 0 saturated heterocycles. The molecule has 0 fully saturated rings. The van der Waals surface area contributed by atoms with E-state index in [1.165, 1.54) is 13.2 Å². The van der Waals surface area contributed by atoms with Crippen LogP contribution in [0.3, 0.4) is 0 Å². The monoisotopic (exact) mass is 368 g/mol. The maximum absolute atomic E-state index is 12.4. The zero-order valence-electron chi connectivity index (χ0n) is 11.2. The van der Waals surface area contributed by atoms with Gasteiger partial charge in [0.05, 0.1) is 7.11 Å². The summed E-state index contributed by atoms with van der Waals surface area (Å²) in [5, 5.41) is 0. The van der Waals surface area contributed by atoms with Crippen molar-refractivity contribution in [3.05, 3.63) is 58.6 Å². The Labute approximate surface area is 131 Å². The highest BCUT2D eigenvalue weighted by Gasteiger charge is 2.23. The molecular weight excluding hydrogens is 356 g/mol. The van der Waals surface area contributed by atoms with Crippen LogP contribution in [-0.4, -0.2) is 27.1 Å². The van der Waals surface area contributed by atoms with E-state index in [0.29, 0.717) is 5.56 Å². The molecule has 0 radical (unpaired) electrons. The molecule has 0 amide bonds. The summed E-state index contributed by atoms with van der Waals surface area (Å²) in [6.45, 7) is 0. The second-order valence-corrected chi connectivity index (χ2v) is 7.22. The van der Waals surface area contributed by atoms with Crippen LogP contribution in [0.25, 0.3) is 0 Å². The lowest BCUT2D eigenvalue weighted by molar-refractivity contribution is 0.102. The minimum atomic E-state index is -3.75. The first-order chi connectivity index (χ1) is 9.94. The second kappa shape index (κ2) is 6.41. The zero-order chi connectivity index (χ0) is 15.5. The van der Waals surface area contributed by atoms with Gasteiger partial charge in [0.1, 0.15) is 16.4 Å². The first kappa shape index (κ1) is 15.7. The molecule has 0 heterocycles. The molecule has 0 aliphatic rings. The fourth-order valence-corrected chi connectivity index (χ4v) is 3.68. The highest BCUT2D eigenvalue weighted by Crippen LogP contribution is 2.24. The summed E-state index contributed by atoms with van der Waals surface area (Å²) >= 11 is 3.26. The number of para-hydroxylation sites is 1. The largest absolute Gasteiger partial charge is 0.495 e. The minimum absolute atomic E-state index is 0.0239. The van der Waals surface area contributed by atoms with Crippen molar-refractivity contribution in [1.82, 2.24) is 0 Å². The van der Waals surface area contributed by atoms with Gasteiger partial charge in [-0.1, -0.05) is 40.2 Å². The Morgan fingerprint density at radius 1 is 1.14 bits per heavy atom. The fourth-order valence-electron chi connectivity index (χ4n) is 1.87. The lowest BCUT2D eigenvalue weighted by Crippen LogP contribution is -2.17. The molecule has 4 nitrogen and oxygen atoms in total. The Balaban J connectivity index is 2.31. The number of carbonyl (C=O) groups excluding carboxylic acids is 1. The van der Waals surface area contributed by atoms with Crippen LogP contribution in [0, 0.1) is 0 Å². The summed E-state index contributed by atoms with van der Waals surface area (Å²) < 4.78 is 30.5. The average molecular weight is 369 g/mol. The molecule has 0 saturated carbocycles. The Morgan fingerprint density at radius 3 is 2.52 bits per heavy atom. The topological polar surface area (TPSA) is 60.4 Å². The van der Waals surface area contributed by atoms with Gasteiger partial charge in [0.25, 0.3) is 0 Å². The van der Waals surface area contributed by atoms with E-state index in [1.807, 2.05) is 0 Å². The van der Waals surface area contributed by atoms with Gasteiger partial charge in [-0.05, 0) is 24.3 Å². The number of carbonyl (C=O) groups is 1. The molecule has 0 N–H and O–H groups in total. The molecule has 0 unspecified atom stereocenters. The van der Waals surface area contributed by atoms with E-state index in [0.717, 1.165) is 4.47 Å². The highest BCUT2D eigenvalue weighted by atomic mass is 79.9. The van der Waals surface area contributed by atoms with E-state index in [1.54, 1.807) is 42.5 Å². The maximum atomic E-state index is 12.4.